The Bertz CT molecular complexity index is 917. The fraction of sp³-hybridized carbons (Fsp3) is 0.0476. The Kier molecular flexibility index (Phi) is 4.76. The maximum absolute atomic E-state index is 6.13. The minimum Gasteiger partial charge on any atom is -0.457 e. The maximum Gasteiger partial charge on any atom is 0.132 e. The Hall–Kier alpha value is -1.87. The summed E-state index contributed by atoms with van der Waals surface area (Å²) in [5.74, 6) is 1.74. The quantitative estimate of drug-likeness (QED) is 0.469. The molecule has 0 amide bonds. The fourth-order valence-corrected chi connectivity index (χ4v) is 4.07. The summed E-state index contributed by atoms with van der Waals surface area (Å²) in [6, 6.07) is 23.8. The van der Waals surface area contributed by atoms with Crippen molar-refractivity contribution in [1.29, 1.82) is 0 Å². The summed E-state index contributed by atoms with van der Waals surface area (Å²) < 4.78 is 6.13. The molecule has 1 unspecified atom stereocenters. The zero-order valence-electron chi connectivity index (χ0n) is 13.2. The number of fused-ring (bicyclic) bond motifs is 1. The number of ether oxygens (including phenoxy) is 1. The van der Waals surface area contributed by atoms with E-state index in [4.69, 9.17) is 27.9 Å². The first-order valence-electron chi connectivity index (χ1n) is 7.86. The van der Waals surface area contributed by atoms with Gasteiger partial charge in [-0.05, 0) is 60.7 Å². The highest BCUT2D eigenvalue weighted by atomic mass is 35.5. The molecule has 0 fully saturated rings. The van der Waals surface area contributed by atoms with Crippen LogP contribution in [-0.2, 0) is 0 Å². The average Bonchev–Trinajstić information content (AvgIpc) is 2.64. The highest BCUT2D eigenvalue weighted by Crippen LogP contribution is 2.45. The molecule has 124 valence electrons. The van der Waals surface area contributed by atoms with Crippen molar-refractivity contribution < 1.29 is 4.74 Å². The van der Waals surface area contributed by atoms with Crippen molar-refractivity contribution >= 4 is 40.7 Å². The second kappa shape index (κ2) is 7.17. The number of hydrogen-bond donors (Lipinski definition) is 0. The van der Waals surface area contributed by atoms with Crippen molar-refractivity contribution in [2.24, 2.45) is 0 Å². The van der Waals surface area contributed by atoms with E-state index in [0.717, 1.165) is 27.0 Å². The molecule has 0 saturated carbocycles. The van der Waals surface area contributed by atoms with Crippen LogP contribution < -0.4 is 4.74 Å². The first kappa shape index (κ1) is 16.6. The SMILES string of the molecule is Clc1ccc(SC2C=C(c3ccc(Cl)cc3)Oc3ccccc32)cc1. The monoisotopic (exact) mass is 384 g/mol. The van der Waals surface area contributed by atoms with Gasteiger partial charge in [-0.15, -0.1) is 11.8 Å². The lowest BCUT2D eigenvalue weighted by atomic mass is 10.0. The van der Waals surface area contributed by atoms with Gasteiger partial charge in [0.05, 0.1) is 5.25 Å². The summed E-state index contributed by atoms with van der Waals surface area (Å²) in [4.78, 5) is 1.16. The normalized spacial score (nSPS) is 15.9. The number of halogens is 2. The van der Waals surface area contributed by atoms with E-state index in [0.29, 0.717) is 5.02 Å². The average molecular weight is 385 g/mol. The lowest BCUT2D eigenvalue weighted by Crippen LogP contribution is -2.07. The van der Waals surface area contributed by atoms with Crippen LogP contribution >= 0.6 is 35.0 Å². The Morgan fingerprint density at radius 3 is 2.12 bits per heavy atom. The highest BCUT2D eigenvalue weighted by Gasteiger charge is 2.23. The van der Waals surface area contributed by atoms with Crippen LogP contribution in [0.5, 0.6) is 5.75 Å². The molecule has 0 spiro atoms. The Labute approximate surface area is 161 Å². The van der Waals surface area contributed by atoms with E-state index in [2.05, 4.69) is 12.1 Å². The summed E-state index contributed by atoms with van der Waals surface area (Å²) in [5, 5.41) is 1.62. The largest absolute Gasteiger partial charge is 0.457 e. The fourth-order valence-electron chi connectivity index (χ4n) is 2.71. The molecule has 0 aromatic heterocycles. The van der Waals surface area contributed by atoms with Crippen molar-refractivity contribution in [3.8, 4) is 5.75 Å². The predicted octanol–water partition coefficient (Wildman–Crippen LogP) is 7.26. The van der Waals surface area contributed by atoms with Crippen LogP contribution in [-0.4, -0.2) is 0 Å². The molecule has 0 radical (unpaired) electrons. The lowest BCUT2D eigenvalue weighted by molar-refractivity contribution is 0.497. The minimum atomic E-state index is 0.164. The third-order valence-corrected chi connectivity index (χ3v) is 5.65. The minimum absolute atomic E-state index is 0.164. The zero-order valence-corrected chi connectivity index (χ0v) is 15.5. The summed E-state index contributed by atoms with van der Waals surface area (Å²) in [6.07, 6.45) is 2.16. The molecule has 3 aromatic rings. The van der Waals surface area contributed by atoms with Crippen LogP contribution in [0.25, 0.3) is 5.76 Å². The van der Waals surface area contributed by atoms with Crippen molar-refractivity contribution in [3.05, 3.63) is 100 Å². The van der Waals surface area contributed by atoms with Gasteiger partial charge in [0.1, 0.15) is 11.5 Å². The maximum atomic E-state index is 6.13. The number of hydrogen-bond acceptors (Lipinski definition) is 2. The molecule has 0 bridgehead atoms. The van der Waals surface area contributed by atoms with Gasteiger partial charge in [-0.3, -0.25) is 0 Å². The summed E-state index contributed by atoms with van der Waals surface area (Å²) in [6.45, 7) is 0. The van der Waals surface area contributed by atoms with Gasteiger partial charge in [0, 0.05) is 26.1 Å². The molecular formula is C21H14Cl2OS. The third kappa shape index (κ3) is 3.72. The van der Waals surface area contributed by atoms with Crippen molar-refractivity contribution in [2.75, 3.05) is 0 Å². The van der Waals surface area contributed by atoms with Crippen molar-refractivity contribution in [1.82, 2.24) is 0 Å². The number of para-hydroxylation sites is 1. The molecule has 25 heavy (non-hydrogen) atoms. The van der Waals surface area contributed by atoms with Crippen LogP contribution in [0.4, 0.5) is 0 Å². The van der Waals surface area contributed by atoms with Gasteiger partial charge >= 0.3 is 0 Å². The molecule has 1 aliphatic heterocycles. The van der Waals surface area contributed by atoms with E-state index in [-0.39, 0.29) is 5.25 Å². The smallest absolute Gasteiger partial charge is 0.132 e. The van der Waals surface area contributed by atoms with Crippen LogP contribution in [0.1, 0.15) is 16.4 Å². The number of benzene rings is 3. The van der Waals surface area contributed by atoms with Gasteiger partial charge in [-0.1, -0.05) is 41.4 Å². The Balaban J connectivity index is 1.71. The van der Waals surface area contributed by atoms with Gasteiger partial charge in [0.2, 0.25) is 0 Å². The van der Waals surface area contributed by atoms with E-state index in [1.807, 2.05) is 66.7 Å². The molecule has 1 atom stereocenters. The molecule has 0 aliphatic carbocycles. The van der Waals surface area contributed by atoms with Gasteiger partial charge in [0.15, 0.2) is 0 Å². The molecule has 1 heterocycles. The van der Waals surface area contributed by atoms with Crippen LogP contribution in [0.15, 0.2) is 83.8 Å². The molecule has 1 aliphatic rings. The zero-order chi connectivity index (χ0) is 17.2. The highest BCUT2D eigenvalue weighted by molar-refractivity contribution is 7.99. The Morgan fingerprint density at radius 2 is 1.40 bits per heavy atom. The molecule has 4 heteroatoms. The second-order valence-corrected chi connectivity index (χ2v) is 7.76. The van der Waals surface area contributed by atoms with Crippen LogP contribution in [0, 0.1) is 0 Å². The van der Waals surface area contributed by atoms with E-state index in [1.165, 1.54) is 5.56 Å². The molecule has 0 saturated heterocycles. The van der Waals surface area contributed by atoms with Crippen molar-refractivity contribution in [3.63, 3.8) is 0 Å². The van der Waals surface area contributed by atoms with Crippen LogP contribution in [0.2, 0.25) is 10.0 Å². The molecule has 1 nitrogen and oxygen atoms in total. The lowest BCUT2D eigenvalue weighted by Gasteiger charge is -2.25. The number of rotatable bonds is 3. The standard InChI is InChI=1S/C21H14Cl2OS/c22-15-7-5-14(6-8-15)20-13-21(18-3-1-2-4-19(18)24-20)25-17-11-9-16(23)10-12-17/h1-13,21H. The second-order valence-electron chi connectivity index (χ2n) is 5.67. The predicted molar refractivity (Wildman–Crippen MR) is 107 cm³/mol. The van der Waals surface area contributed by atoms with E-state index in [1.54, 1.807) is 11.8 Å². The first-order chi connectivity index (χ1) is 12.2. The van der Waals surface area contributed by atoms with E-state index >= 15 is 0 Å². The Morgan fingerprint density at radius 1 is 0.760 bits per heavy atom. The molecular weight excluding hydrogens is 371 g/mol. The van der Waals surface area contributed by atoms with Crippen LogP contribution in [0.3, 0.4) is 0 Å². The van der Waals surface area contributed by atoms with Crippen molar-refractivity contribution in [2.45, 2.75) is 10.1 Å². The van der Waals surface area contributed by atoms with Gasteiger partial charge in [-0.2, -0.15) is 0 Å². The van der Waals surface area contributed by atoms with Gasteiger partial charge < -0.3 is 4.74 Å². The van der Waals surface area contributed by atoms with E-state index < -0.39 is 0 Å². The van der Waals surface area contributed by atoms with E-state index in [9.17, 15) is 0 Å². The summed E-state index contributed by atoms with van der Waals surface area (Å²) >= 11 is 13.8. The third-order valence-electron chi connectivity index (χ3n) is 3.95. The van der Waals surface area contributed by atoms with Gasteiger partial charge in [-0.25, -0.2) is 0 Å². The number of thioether (sulfide) groups is 1. The summed E-state index contributed by atoms with van der Waals surface area (Å²) in [7, 11) is 0. The topological polar surface area (TPSA) is 9.23 Å². The van der Waals surface area contributed by atoms with Gasteiger partial charge in [0.25, 0.3) is 0 Å². The molecule has 0 N–H and O–H groups in total. The summed E-state index contributed by atoms with van der Waals surface area (Å²) in [5.41, 5.74) is 2.18. The molecule has 3 aromatic carbocycles. The molecule has 4 rings (SSSR count). The first-order valence-corrected chi connectivity index (χ1v) is 9.49.